The van der Waals surface area contributed by atoms with E-state index >= 15 is 0 Å². The predicted octanol–water partition coefficient (Wildman–Crippen LogP) is -1.80. The number of hydrogen-bond donors (Lipinski definition) is 2. The Morgan fingerprint density at radius 1 is 1.57 bits per heavy atom. The van der Waals surface area contributed by atoms with E-state index in [0.29, 0.717) is 13.0 Å². The van der Waals surface area contributed by atoms with Crippen molar-refractivity contribution in [3.05, 3.63) is 33.1 Å². The average Bonchev–Trinajstić information content (AvgIpc) is 2.78. The van der Waals surface area contributed by atoms with Crippen LogP contribution in [0.3, 0.4) is 0 Å². The molecule has 1 amide bonds. The second kappa shape index (κ2) is 5.82. The van der Waals surface area contributed by atoms with Crippen LogP contribution in [-0.4, -0.2) is 45.0 Å². The average molecular weight is 297 g/mol. The van der Waals surface area contributed by atoms with Gasteiger partial charge >= 0.3 is 5.69 Å². The van der Waals surface area contributed by atoms with Crippen LogP contribution in [0.2, 0.25) is 0 Å². The number of ether oxygens (including phenoxy) is 1. The van der Waals surface area contributed by atoms with E-state index in [9.17, 15) is 19.5 Å². The van der Waals surface area contributed by atoms with Crippen molar-refractivity contribution < 1.29 is 14.6 Å². The fourth-order valence-corrected chi connectivity index (χ4v) is 2.20. The summed E-state index contributed by atoms with van der Waals surface area (Å²) in [7, 11) is 1.35. The molecule has 2 heterocycles. The molecule has 1 aromatic rings. The molecule has 2 atom stereocenters. The molecule has 8 nitrogen and oxygen atoms in total. The molecule has 2 rings (SSSR count). The van der Waals surface area contributed by atoms with E-state index in [0.717, 1.165) is 9.13 Å². The second-order valence-corrected chi connectivity index (χ2v) is 5.27. The highest BCUT2D eigenvalue weighted by Crippen LogP contribution is 2.24. The molecular formula is C13H19N3O5. The van der Waals surface area contributed by atoms with E-state index in [1.54, 1.807) is 6.92 Å². The molecule has 0 spiro atoms. The van der Waals surface area contributed by atoms with Gasteiger partial charge < -0.3 is 15.2 Å². The van der Waals surface area contributed by atoms with Crippen molar-refractivity contribution in [1.82, 2.24) is 14.5 Å². The van der Waals surface area contributed by atoms with Crippen LogP contribution < -0.4 is 16.6 Å². The van der Waals surface area contributed by atoms with Gasteiger partial charge in [-0.1, -0.05) is 0 Å². The molecular weight excluding hydrogens is 278 g/mol. The van der Waals surface area contributed by atoms with Gasteiger partial charge in [0.15, 0.2) is 0 Å². The number of carbonyl (C=O) groups is 1. The summed E-state index contributed by atoms with van der Waals surface area (Å²) in [6, 6.07) is 1.22. The van der Waals surface area contributed by atoms with Gasteiger partial charge in [0.25, 0.3) is 5.56 Å². The molecule has 1 saturated heterocycles. The lowest BCUT2D eigenvalue weighted by Gasteiger charge is -2.26. The van der Waals surface area contributed by atoms with Crippen LogP contribution in [-0.2, 0) is 23.1 Å². The van der Waals surface area contributed by atoms with Crippen molar-refractivity contribution >= 4 is 5.91 Å². The third-order valence-corrected chi connectivity index (χ3v) is 3.83. The standard InChI is InChI=1S/C13H19N3O5/c1-9-13(20,4-6-21-9)8-14-10(17)7-16-5-3-11(18)15(2)12(16)19/h3,5,9,20H,4,6-8H2,1-2H3,(H,14,17). The summed E-state index contributed by atoms with van der Waals surface area (Å²) in [5.41, 5.74) is -2.07. The quantitative estimate of drug-likeness (QED) is 0.683. The number of rotatable bonds is 4. The number of nitrogens with zero attached hydrogens (tertiary/aromatic N) is 2. The first kappa shape index (κ1) is 15.5. The zero-order valence-electron chi connectivity index (χ0n) is 12.0. The Balaban J connectivity index is 1.98. The molecule has 0 aromatic carbocycles. The van der Waals surface area contributed by atoms with E-state index in [1.807, 2.05) is 0 Å². The lowest BCUT2D eigenvalue weighted by atomic mass is 9.97. The number of amides is 1. The Labute approximate surface area is 121 Å². The fourth-order valence-electron chi connectivity index (χ4n) is 2.20. The molecule has 2 N–H and O–H groups in total. The highest BCUT2D eigenvalue weighted by atomic mass is 16.5. The van der Waals surface area contributed by atoms with Crippen molar-refractivity contribution in [2.75, 3.05) is 13.2 Å². The third kappa shape index (κ3) is 3.22. The minimum Gasteiger partial charge on any atom is -0.385 e. The zero-order valence-corrected chi connectivity index (χ0v) is 12.0. The first-order chi connectivity index (χ1) is 9.83. The van der Waals surface area contributed by atoms with Gasteiger partial charge in [0.05, 0.1) is 6.10 Å². The maximum absolute atomic E-state index is 11.9. The minimum absolute atomic E-state index is 0.0630. The SMILES string of the molecule is CC1OCCC1(O)CNC(=O)Cn1ccc(=O)n(C)c1=O. The fraction of sp³-hybridized carbons (Fsp3) is 0.615. The summed E-state index contributed by atoms with van der Waals surface area (Å²) in [5.74, 6) is -0.414. The summed E-state index contributed by atoms with van der Waals surface area (Å²) < 4.78 is 7.33. The van der Waals surface area contributed by atoms with Crippen molar-refractivity contribution in [3.63, 3.8) is 0 Å². The second-order valence-electron chi connectivity index (χ2n) is 5.27. The lowest BCUT2D eigenvalue weighted by Crippen LogP contribution is -2.48. The number of aliphatic hydroxyl groups is 1. The predicted molar refractivity (Wildman–Crippen MR) is 73.9 cm³/mol. The van der Waals surface area contributed by atoms with Crippen LogP contribution in [0, 0.1) is 0 Å². The van der Waals surface area contributed by atoms with Gasteiger partial charge in [-0.15, -0.1) is 0 Å². The van der Waals surface area contributed by atoms with E-state index < -0.39 is 22.8 Å². The lowest BCUT2D eigenvalue weighted by molar-refractivity contribution is -0.123. The molecule has 1 aromatic heterocycles. The Morgan fingerprint density at radius 3 is 2.90 bits per heavy atom. The van der Waals surface area contributed by atoms with E-state index in [4.69, 9.17) is 4.74 Å². The topological polar surface area (TPSA) is 103 Å². The van der Waals surface area contributed by atoms with Gasteiger partial charge in [-0.05, 0) is 6.92 Å². The van der Waals surface area contributed by atoms with Crippen LogP contribution >= 0.6 is 0 Å². The Bertz CT molecular complexity index is 650. The number of aromatic nitrogens is 2. The van der Waals surface area contributed by atoms with E-state index in [1.165, 1.54) is 19.3 Å². The van der Waals surface area contributed by atoms with Gasteiger partial charge in [0, 0.05) is 38.9 Å². The molecule has 1 aliphatic rings. The van der Waals surface area contributed by atoms with E-state index in [2.05, 4.69) is 5.32 Å². The molecule has 0 aliphatic carbocycles. The van der Waals surface area contributed by atoms with Gasteiger partial charge in [-0.3, -0.25) is 18.7 Å². The van der Waals surface area contributed by atoms with Crippen molar-refractivity contribution in [2.45, 2.75) is 31.6 Å². The van der Waals surface area contributed by atoms with Crippen LogP contribution in [0.25, 0.3) is 0 Å². The Kier molecular flexibility index (Phi) is 4.29. The van der Waals surface area contributed by atoms with Gasteiger partial charge in [-0.2, -0.15) is 0 Å². The zero-order chi connectivity index (χ0) is 15.6. The molecule has 0 radical (unpaired) electrons. The molecule has 8 heteroatoms. The van der Waals surface area contributed by atoms with Crippen LogP contribution in [0.15, 0.2) is 21.9 Å². The van der Waals surface area contributed by atoms with Crippen molar-refractivity contribution in [2.24, 2.45) is 7.05 Å². The highest BCUT2D eigenvalue weighted by Gasteiger charge is 2.39. The molecule has 1 aliphatic heterocycles. The molecule has 2 unspecified atom stereocenters. The normalized spacial score (nSPS) is 25.0. The first-order valence-corrected chi connectivity index (χ1v) is 6.71. The smallest absolute Gasteiger partial charge is 0.331 e. The summed E-state index contributed by atoms with van der Waals surface area (Å²) in [6.07, 6.45) is 1.38. The maximum Gasteiger partial charge on any atom is 0.331 e. The van der Waals surface area contributed by atoms with Gasteiger partial charge in [-0.25, -0.2) is 4.79 Å². The number of hydrogen-bond acceptors (Lipinski definition) is 5. The monoisotopic (exact) mass is 297 g/mol. The van der Waals surface area contributed by atoms with Crippen molar-refractivity contribution in [3.8, 4) is 0 Å². The summed E-state index contributed by atoms with van der Waals surface area (Å²) >= 11 is 0. The van der Waals surface area contributed by atoms with Gasteiger partial charge in [0.1, 0.15) is 12.1 Å². The molecule has 1 fully saturated rings. The van der Waals surface area contributed by atoms with Gasteiger partial charge in [0.2, 0.25) is 5.91 Å². The summed E-state index contributed by atoms with van der Waals surface area (Å²) in [5, 5.41) is 12.8. The molecule has 0 saturated carbocycles. The Hall–Kier alpha value is -1.93. The maximum atomic E-state index is 11.9. The summed E-state index contributed by atoms with van der Waals surface area (Å²) in [4.78, 5) is 34.9. The Morgan fingerprint density at radius 2 is 2.29 bits per heavy atom. The highest BCUT2D eigenvalue weighted by molar-refractivity contribution is 5.75. The van der Waals surface area contributed by atoms with Crippen LogP contribution in [0.5, 0.6) is 0 Å². The first-order valence-electron chi connectivity index (χ1n) is 6.71. The molecule has 116 valence electrons. The van der Waals surface area contributed by atoms with Crippen LogP contribution in [0.4, 0.5) is 0 Å². The van der Waals surface area contributed by atoms with Crippen molar-refractivity contribution in [1.29, 1.82) is 0 Å². The number of carbonyl (C=O) groups excluding carboxylic acids is 1. The van der Waals surface area contributed by atoms with E-state index in [-0.39, 0.29) is 19.2 Å². The largest absolute Gasteiger partial charge is 0.385 e. The molecule has 0 bridgehead atoms. The van der Waals surface area contributed by atoms with Crippen LogP contribution in [0.1, 0.15) is 13.3 Å². The number of nitrogens with one attached hydrogen (secondary N) is 1. The summed E-state index contributed by atoms with van der Waals surface area (Å²) in [6.45, 7) is 2.05. The third-order valence-electron chi connectivity index (χ3n) is 3.83. The minimum atomic E-state index is -1.08. The molecule has 21 heavy (non-hydrogen) atoms.